The molecule has 9 aliphatic heterocycles. The number of nitrogens with one attached hydrogen (secondary N) is 3. The molecule has 48 nitrogen and oxygen atoms in total. The van der Waals surface area contributed by atoms with Gasteiger partial charge in [-0.2, -0.15) is 0 Å². The van der Waals surface area contributed by atoms with Crippen molar-refractivity contribution in [2.75, 3.05) is 52.9 Å². The molecule has 45 atom stereocenters. The van der Waals surface area contributed by atoms with Crippen LogP contribution in [0.3, 0.4) is 0 Å². The molecule has 9 fully saturated rings. The van der Waals surface area contributed by atoms with Crippen molar-refractivity contribution < 1.29 is 223 Å². The van der Waals surface area contributed by atoms with Crippen molar-refractivity contribution in [1.82, 2.24) is 16.0 Å². The minimum absolute atomic E-state index is 0.903. The molecule has 0 radical (unpaired) electrons. The van der Waals surface area contributed by atoms with E-state index in [1.165, 1.54) is 6.92 Å². The zero-order valence-corrected chi connectivity index (χ0v) is 58.0. The number of carbonyl (C=O) groups excluding carboxylic acids is 3. The average molecular weight is 1580 g/mol. The number of carbonyl (C=O) groups is 3. The van der Waals surface area contributed by atoms with E-state index in [9.17, 15) is 142 Å². The van der Waals surface area contributed by atoms with E-state index in [0.29, 0.717) is 0 Å². The van der Waals surface area contributed by atoms with Gasteiger partial charge in [-0.15, -0.1) is 0 Å². The quantitative estimate of drug-likeness (QED) is 0.0363. The lowest BCUT2D eigenvalue weighted by Crippen LogP contribution is -2.71. The SMILES string of the molecule is CC(=O)N[C@H]1[C@H](O[C@H]2[C@@H](O)[C@@H](CO[C@@H]3O[C@H](CO)[C@@H](O[C@@H]4O[C@H](CO)[C@H](O)[C@H](O[C@@H]5O[C@H](CO)[C@@H](O[C@@H]6O[C@H](CO)[C@H](O)[C@H](O)[C@H]6O)[C@H](O)[C@H]5NC(C)=O)[C@H]4O)[C@H](O[C@@H]4O[C@@H](C)[C@@H](O)[C@@H](O)[C@@H]4O)[C@H]3NC(C)=O)O[C@@H](O[C@H]3[C@H](O)[C@@H](O)C(O)O[C@@H]3CO)[C@@H]2O)O[C@H](CO)[C@@H](O[C@@H]2O[C@H](CO)[C@H](O)[C@H](O)[C@H]2O)[C@@H]1O. The smallest absolute Gasteiger partial charge is 0.217 e. The van der Waals surface area contributed by atoms with Gasteiger partial charge in [0.15, 0.2) is 56.6 Å². The summed E-state index contributed by atoms with van der Waals surface area (Å²) < 4.78 is 100. The van der Waals surface area contributed by atoms with Crippen LogP contribution < -0.4 is 16.0 Å². The Morgan fingerprint density at radius 2 is 0.556 bits per heavy atom. The molecule has 9 heterocycles. The molecular formula is C60H101N3O45. The molecule has 0 bridgehead atoms. The first-order chi connectivity index (χ1) is 51.1. The standard InChI is InChI=1S/C60H101N3O45/c1-13-28(74)35(81)40(86)56(93-13)106-49-27(63-16(4)73)53(98-23(11-70)48(49)105-59-43(89)50(31(77)19(7-66)97-59)107-54-25(61-14(2)71)33(79)45(21(9-68)99-54)102-57-41(87)36(82)29(75)17(5-64)95-57)92-12-24-32(78)51(44(90)60(101-24)104-47-20(8-67)94-52(91)39(85)38(47)84)108-55-26(62-15(3)72)34(80)46(22(10-69)100-55)103-58-42(88)37(83)30(76)18(6-65)96-58/h13,17-60,64-70,74-91H,5-12H2,1-4H3,(H,61,71)(H,62,72)(H,63,73)/t13-,17+,18+,19+,20+,21+,22+,23+,24+,25+,26+,27+,28+,29-,30-,31-,32-,33+,34+,35+,36-,37-,38+,39+,40-,41+,42+,43+,44+,45+,46+,47+,48+,49+,50-,51-,52?,53+,54-,55-,56-,57-,58-,59-,60-/m0/s1. The van der Waals surface area contributed by atoms with Crippen molar-refractivity contribution in [2.24, 2.45) is 0 Å². The first kappa shape index (κ1) is 88.7. The Morgan fingerprint density at radius 1 is 0.259 bits per heavy atom. The third-order valence-electron chi connectivity index (χ3n) is 19.9. The second kappa shape index (κ2) is 38.5. The molecular weight excluding hydrogens is 1480 g/mol. The highest BCUT2D eigenvalue weighted by molar-refractivity contribution is 5.74. The predicted molar refractivity (Wildman–Crippen MR) is 330 cm³/mol. The van der Waals surface area contributed by atoms with Crippen LogP contribution in [0.25, 0.3) is 0 Å². The van der Waals surface area contributed by atoms with E-state index >= 15 is 0 Å². The molecule has 0 aliphatic carbocycles. The Balaban J connectivity index is 1.02. The lowest BCUT2D eigenvalue weighted by Gasteiger charge is -2.51. The third kappa shape index (κ3) is 19.1. The van der Waals surface area contributed by atoms with Crippen LogP contribution in [0.4, 0.5) is 0 Å². The van der Waals surface area contributed by atoms with E-state index in [1.54, 1.807) is 0 Å². The summed E-state index contributed by atoms with van der Waals surface area (Å²) in [4.78, 5) is 39.2. The van der Waals surface area contributed by atoms with Gasteiger partial charge < -0.3 is 224 Å². The van der Waals surface area contributed by atoms with Gasteiger partial charge in [0.2, 0.25) is 17.7 Å². The van der Waals surface area contributed by atoms with E-state index in [4.69, 9.17) is 80.5 Å². The Bertz CT molecular complexity index is 2820. The molecule has 0 aromatic rings. The molecule has 0 spiro atoms. The highest BCUT2D eigenvalue weighted by Gasteiger charge is 2.61. The van der Waals surface area contributed by atoms with Crippen LogP contribution in [0.2, 0.25) is 0 Å². The summed E-state index contributed by atoms with van der Waals surface area (Å²) in [6.07, 6.45) is -85.1. The Hall–Kier alpha value is -3.27. The van der Waals surface area contributed by atoms with Crippen LogP contribution in [0.15, 0.2) is 0 Å². The van der Waals surface area contributed by atoms with E-state index in [0.717, 1.165) is 20.8 Å². The summed E-state index contributed by atoms with van der Waals surface area (Å²) in [5.41, 5.74) is 0. The second-order valence-electron chi connectivity index (χ2n) is 27.4. The number of aliphatic hydroxyl groups excluding tert-OH is 25. The Labute approximate surface area is 611 Å². The Morgan fingerprint density at radius 3 is 0.972 bits per heavy atom. The van der Waals surface area contributed by atoms with Crippen molar-refractivity contribution in [3.8, 4) is 0 Å². The van der Waals surface area contributed by atoms with E-state index < -0.39 is 347 Å². The maximum atomic E-state index is 13.5. The summed E-state index contributed by atoms with van der Waals surface area (Å²) in [6, 6.07) is -5.74. The Kier molecular flexibility index (Phi) is 31.6. The average Bonchev–Trinajstić information content (AvgIpc) is 0.768. The summed E-state index contributed by atoms with van der Waals surface area (Å²) in [6.45, 7) is -4.54. The van der Waals surface area contributed by atoms with Gasteiger partial charge in [0.25, 0.3) is 0 Å². The van der Waals surface area contributed by atoms with Gasteiger partial charge in [-0.3, -0.25) is 14.4 Å². The number of amides is 3. The van der Waals surface area contributed by atoms with E-state index in [2.05, 4.69) is 16.0 Å². The summed E-state index contributed by atoms with van der Waals surface area (Å²) >= 11 is 0. The molecule has 0 aromatic carbocycles. The monoisotopic (exact) mass is 1580 g/mol. The number of aliphatic hydroxyl groups is 25. The zero-order chi connectivity index (χ0) is 79.5. The van der Waals surface area contributed by atoms with Gasteiger partial charge in [0.05, 0.1) is 59.0 Å². The fourth-order valence-electron chi connectivity index (χ4n) is 14.0. The van der Waals surface area contributed by atoms with Crippen molar-refractivity contribution >= 4 is 17.7 Å². The summed E-state index contributed by atoms with van der Waals surface area (Å²) in [5.74, 6) is -2.82. The van der Waals surface area contributed by atoms with Gasteiger partial charge in [0, 0.05) is 20.8 Å². The zero-order valence-electron chi connectivity index (χ0n) is 58.0. The molecule has 9 rings (SSSR count). The lowest BCUT2D eigenvalue weighted by molar-refractivity contribution is -0.391. The highest BCUT2D eigenvalue weighted by Crippen LogP contribution is 2.40. The van der Waals surface area contributed by atoms with Crippen LogP contribution in [0.1, 0.15) is 27.7 Å². The van der Waals surface area contributed by atoms with Crippen molar-refractivity contribution in [1.29, 1.82) is 0 Å². The number of rotatable bonds is 27. The molecule has 1 unspecified atom stereocenters. The molecule has 0 aromatic heterocycles. The number of hydrogen-bond donors (Lipinski definition) is 28. The summed E-state index contributed by atoms with van der Waals surface area (Å²) in [5, 5.41) is 282. The summed E-state index contributed by atoms with van der Waals surface area (Å²) in [7, 11) is 0. The lowest BCUT2D eigenvalue weighted by atomic mass is 9.93. The molecule has 626 valence electrons. The number of hydrogen-bond acceptors (Lipinski definition) is 45. The third-order valence-corrected chi connectivity index (χ3v) is 19.9. The molecule has 28 N–H and O–H groups in total. The van der Waals surface area contributed by atoms with Crippen LogP contribution in [-0.2, 0) is 94.9 Å². The molecule has 9 aliphatic rings. The first-order valence-electron chi connectivity index (χ1n) is 34.5. The van der Waals surface area contributed by atoms with Gasteiger partial charge in [-0.1, -0.05) is 0 Å². The largest absolute Gasteiger partial charge is 0.394 e. The molecule has 9 saturated heterocycles. The van der Waals surface area contributed by atoms with Crippen LogP contribution in [0, 0.1) is 0 Å². The fourth-order valence-corrected chi connectivity index (χ4v) is 14.0. The van der Waals surface area contributed by atoms with Gasteiger partial charge in [-0.25, -0.2) is 0 Å². The molecule has 48 heteroatoms. The first-order valence-corrected chi connectivity index (χ1v) is 34.5. The van der Waals surface area contributed by atoms with Crippen molar-refractivity contribution in [3.63, 3.8) is 0 Å². The highest BCUT2D eigenvalue weighted by atomic mass is 16.8. The topological polar surface area (TPSA) is 750 Å². The van der Waals surface area contributed by atoms with Gasteiger partial charge >= 0.3 is 0 Å². The van der Waals surface area contributed by atoms with Crippen molar-refractivity contribution in [2.45, 2.75) is 304 Å². The number of ether oxygens (including phenoxy) is 17. The van der Waals surface area contributed by atoms with Crippen LogP contribution >= 0.6 is 0 Å². The van der Waals surface area contributed by atoms with Crippen LogP contribution in [-0.4, -0.2) is 474 Å². The normalized spacial score (nSPS) is 50.4. The van der Waals surface area contributed by atoms with Gasteiger partial charge in [0.1, 0.15) is 213 Å². The van der Waals surface area contributed by atoms with E-state index in [-0.39, 0.29) is 0 Å². The maximum Gasteiger partial charge on any atom is 0.217 e. The second-order valence-corrected chi connectivity index (χ2v) is 27.4. The molecule has 0 saturated carbocycles. The minimum Gasteiger partial charge on any atom is -0.394 e. The molecule has 3 amide bonds. The van der Waals surface area contributed by atoms with Crippen molar-refractivity contribution in [3.05, 3.63) is 0 Å². The predicted octanol–water partition coefficient (Wildman–Crippen LogP) is -19.2. The van der Waals surface area contributed by atoms with Crippen LogP contribution in [0.5, 0.6) is 0 Å². The minimum atomic E-state index is -2.40. The van der Waals surface area contributed by atoms with E-state index in [1.807, 2.05) is 0 Å². The molecule has 108 heavy (non-hydrogen) atoms. The van der Waals surface area contributed by atoms with Gasteiger partial charge in [-0.05, 0) is 6.92 Å². The fraction of sp³-hybridized carbons (Fsp3) is 0.950. The maximum absolute atomic E-state index is 13.5.